The van der Waals surface area contributed by atoms with Crippen LogP contribution in [0.1, 0.15) is 225 Å². The summed E-state index contributed by atoms with van der Waals surface area (Å²) in [5, 5.41) is 33.1. The molecular formula is C105H99Cl4F2N15O10. The van der Waals surface area contributed by atoms with Crippen LogP contribution in [0.4, 0.5) is 31.5 Å². The molecule has 136 heavy (non-hydrogen) atoms. The van der Waals surface area contributed by atoms with E-state index in [2.05, 4.69) is 82.9 Å². The van der Waals surface area contributed by atoms with Crippen LogP contribution in [0.25, 0.3) is 0 Å². The number of nitrogens with zero attached hydrogens (tertiary/aromatic N) is 6. The van der Waals surface area contributed by atoms with E-state index in [-0.39, 0.29) is 68.3 Å². The molecule has 31 heteroatoms. The molecule has 8 atom stereocenters. The third kappa shape index (κ3) is 16.8. The number of unbranched alkanes of at least 4 members (excludes halogenated alkanes) is 1. The number of allylic oxidation sites excluding steroid dienone is 2. The Bertz CT molecular complexity index is 6660. The number of imidazole rings is 1. The molecule has 8 aromatic carbocycles. The van der Waals surface area contributed by atoms with E-state index in [1.54, 1.807) is 132 Å². The Hall–Kier alpha value is -12.9. The number of carbonyl (C=O) groups is 10. The Morgan fingerprint density at radius 3 is 1.60 bits per heavy atom. The number of amides is 9. The van der Waals surface area contributed by atoms with Crippen molar-refractivity contribution in [2.75, 3.05) is 27.8 Å². The molecular weight excluding hydrogens is 1810 g/mol. The summed E-state index contributed by atoms with van der Waals surface area (Å²) in [6, 6.07) is 41.3. The van der Waals surface area contributed by atoms with Gasteiger partial charge in [-0.1, -0.05) is 159 Å². The van der Waals surface area contributed by atoms with Gasteiger partial charge in [-0.15, -0.1) is 0 Å². The van der Waals surface area contributed by atoms with Crippen LogP contribution in [0.2, 0.25) is 20.1 Å². The number of hydrogen-bond acceptors (Lipinski definition) is 14. The number of benzene rings is 8. The molecule has 4 spiro atoms. The zero-order valence-electron chi connectivity index (χ0n) is 74.4. The fourth-order valence-corrected chi connectivity index (χ4v) is 23.7. The monoisotopic (exact) mass is 1910 g/mol. The molecule has 0 radical (unpaired) electrons. The Morgan fingerprint density at radius 2 is 1.05 bits per heavy atom. The van der Waals surface area contributed by atoms with E-state index in [9.17, 15) is 47.9 Å². The molecule has 696 valence electrons. The van der Waals surface area contributed by atoms with Gasteiger partial charge in [0.05, 0.1) is 40.8 Å². The van der Waals surface area contributed by atoms with Crippen molar-refractivity contribution in [1.82, 2.24) is 55.7 Å². The van der Waals surface area contributed by atoms with Crippen molar-refractivity contribution in [3.05, 3.63) is 317 Å². The van der Waals surface area contributed by atoms with Crippen LogP contribution >= 0.6 is 46.4 Å². The predicted octanol–water partition coefficient (Wildman–Crippen LogP) is 16.8. The van der Waals surface area contributed by atoms with Gasteiger partial charge in [-0.25, -0.2) is 13.8 Å². The summed E-state index contributed by atoms with van der Waals surface area (Å²) in [5.41, 5.74) is 7.92. The largest absolute Gasteiger partial charge is 0.352 e. The van der Waals surface area contributed by atoms with Crippen LogP contribution in [0.15, 0.2) is 207 Å². The van der Waals surface area contributed by atoms with E-state index < -0.39 is 81.4 Å². The number of hydrogen-bond donors (Lipinski definition) is 9. The topological polar surface area (TPSA) is 321 Å². The number of anilines is 4. The lowest BCUT2D eigenvalue weighted by molar-refractivity contribution is -0.127. The van der Waals surface area contributed by atoms with Crippen LogP contribution in [-0.4, -0.2) is 130 Å². The van der Waals surface area contributed by atoms with Gasteiger partial charge in [-0.3, -0.25) is 63.3 Å². The molecule has 8 aliphatic heterocycles. The molecule has 9 N–H and O–H groups in total. The number of aryl methyl sites for hydroxylation is 4. The average Bonchev–Trinajstić information content (AvgIpc) is 1.51. The van der Waals surface area contributed by atoms with Crippen LogP contribution < -0.4 is 47.9 Å². The van der Waals surface area contributed by atoms with Crippen LogP contribution in [0.3, 0.4) is 0 Å². The number of aromatic nitrogens is 4. The van der Waals surface area contributed by atoms with Gasteiger partial charge in [0.25, 0.3) is 17.7 Å². The average molecular weight is 1910 g/mol. The first-order chi connectivity index (χ1) is 65.7. The molecule has 10 heterocycles. The number of Topliss-reactive ketones (excluding diaryl/α,β-unsaturated/α-hetero) is 1. The summed E-state index contributed by atoms with van der Waals surface area (Å²) >= 11 is 25.6. The fraction of sp³-hybridized carbons (Fsp3) is 0.333. The smallest absolute Gasteiger partial charge is 0.255 e. The van der Waals surface area contributed by atoms with Crippen molar-refractivity contribution < 1.29 is 56.7 Å². The number of fused-ring (bicyclic) bond motifs is 8. The summed E-state index contributed by atoms with van der Waals surface area (Å²) < 4.78 is 36.4. The van der Waals surface area contributed by atoms with Gasteiger partial charge < -0.3 is 51.6 Å². The van der Waals surface area contributed by atoms with E-state index in [4.69, 9.17) is 46.4 Å². The highest BCUT2D eigenvalue weighted by Gasteiger charge is 2.74. The van der Waals surface area contributed by atoms with E-state index in [0.29, 0.717) is 192 Å². The van der Waals surface area contributed by atoms with Gasteiger partial charge in [-0.2, -0.15) is 5.10 Å². The van der Waals surface area contributed by atoms with Crippen molar-refractivity contribution >= 4 is 128 Å². The lowest BCUT2D eigenvalue weighted by Gasteiger charge is -2.47. The molecule has 6 fully saturated rings. The quantitative estimate of drug-likeness (QED) is 0.0173. The van der Waals surface area contributed by atoms with Crippen molar-refractivity contribution in [3.8, 4) is 11.8 Å². The van der Waals surface area contributed by atoms with E-state index in [0.717, 1.165) is 80.0 Å². The van der Waals surface area contributed by atoms with Crippen molar-refractivity contribution in [1.29, 1.82) is 0 Å². The summed E-state index contributed by atoms with van der Waals surface area (Å²) in [5.74, 6) is 0.555. The molecule has 4 saturated heterocycles. The lowest BCUT2D eigenvalue weighted by Crippen LogP contribution is -2.60. The first kappa shape index (κ1) is 92.1. The second-order valence-corrected chi connectivity index (χ2v) is 38.8. The molecule has 0 bridgehead atoms. The van der Waals surface area contributed by atoms with Crippen molar-refractivity contribution in [3.63, 3.8) is 0 Å². The number of carbonyl (C=O) groups excluding carboxylic acids is 10. The van der Waals surface area contributed by atoms with Crippen molar-refractivity contribution in [2.45, 2.75) is 213 Å². The minimum atomic E-state index is -1.36. The Kier molecular flexibility index (Phi) is 25.7. The normalized spacial score (nSPS) is 22.5. The van der Waals surface area contributed by atoms with E-state index in [1.165, 1.54) is 12.1 Å². The van der Waals surface area contributed by atoms with Gasteiger partial charge in [0.2, 0.25) is 35.4 Å². The van der Waals surface area contributed by atoms with Gasteiger partial charge in [0, 0.05) is 140 Å². The SMILES string of the molecule is C=C1CCC(N2Cc3c(C#Cc4cncn4CCCNC(=O)c4ccc(NC(=O)[C@@H]5NC6(CCCCC6)[C@@]6(C(=O)Nc7cc(Cl)ccc76)[C@H]5c5cccc(Cl)c5F)cc4)cccc3C2=O)C(=O)N1.C=C1CCC(N2Cc3c(CCc4cnn(CCCCC(=O)c5ccc(NC(=O)[C@@H]6NC7(CCCCC7)[C@@]7(C(=O)Nc8cc(Cl)ccc87)[C@H]6c6cccc(Cl)c6F)cc5)c4)cccc3C2=O)C(=O)N1. The van der Waals surface area contributed by atoms with E-state index in [1.807, 2.05) is 58.0 Å². The highest BCUT2D eigenvalue weighted by molar-refractivity contribution is 6.32. The summed E-state index contributed by atoms with van der Waals surface area (Å²) in [7, 11) is 0. The molecule has 2 aliphatic carbocycles. The maximum atomic E-state index is 16.3. The van der Waals surface area contributed by atoms with E-state index >= 15 is 8.78 Å². The third-order valence-corrected chi connectivity index (χ3v) is 30.3. The maximum Gasteiger partial charge on any atom is 0.255 e. The zero-order valence-corrected chi connectivity index (χ0v) is 77.4. The second-order valence-electron chi connectivity index (χ2n) is 37.1. The number of piperidine rings is 2. The molecule has 10 aromatic rings. The summed E-state index contributed by atoms with van der Waals surface area (Å²) in [6.45, 7) is 9.94. The number of rotatable bonds is 22. The molecule has 10 aliphatic rings. The fourth-order valence-electron chi connectivity index (χ4n) is 23.0. The van der Waals surface area contributed by atoms with Gasteiger partial charge in [0.1, 0.15) is 40.2 Å². The molecule has 20 rings (SSSR count). The Balaban J connectivity index is 0.000000174. The maximum absolute atomic E-state index is 16.3. The van der Waals surface area contributed by atoms with Crippen LogP contribution in [-0.2, 0) is 78.6 Å². The molecule has 9 amide bonds. The highest BCUT2D eigenvalue weighted by Crippen LogP contribution is 2.65. The Morgan fingerprint density at radius 1 is 0.537 bits per heavy atom. The first-order valence-corrected chi connectivity index (χ1v) is 47.9. The van der Waals surface area contributed by atoms with Gasteiger partial charge in [0.15, 0.2) is 5.78 Å². The van der Waals surface area contributed by atoms with Crippen LogP contribution in [0.5, 0.6) is 0 Å². The third-order valence-electron chi connectivity index (χ3n) is 29.3. The first-order valence-electron chi connectivity index (χ1n) is 46.4. The standard InChI is InChI=1S/C53H52Cl2FN7O5.C52H47Cl2FN8O5/c1-31-14-23-43(48(65)58-31)63-30-39-33(9-7-10-37(39)50(63)67)16-15-32-28-57-62(29-32)26-6-3-13-44(64)34-17-20-36(21-18-34)59-49(66)47-45(38-11-8-12-41(55)46(38)56)53(52(61-47)24-4-2-5-25-52)40-22-19-35(54)27-42(40)60-51(53)68;1-30-12-21-42(47(65)58-30)63-28-38-31(8-5-9-36(38)49(63)67)15-19-35-27-56-29-62(35)25-7-24-57-46(64)32-13-17-34(18-14-32)59-48(66)45-43(37-10-6-11-40(54)44(37)55)52(51(61-45)22-3-2-4-23-51)39-20-16-33(53)26-41(39)60-50(52)68/h7-12,17-22,27-29,43,45,47,61H,1-6,13-16,23-26,30H2,(H,58,65)(H,59,66)(H,60,68);5-6,8-11,13-14,16-18,20,26-27,29,42-43,45,61H,1-4,7,12,21-25,28H2,(H,57,64)(H,58,65)(H,59,66)(H,60,68)/t43?,45-,47+,53+;42?,43-,45+,52+/m00/s1. The zero-order chi connectivity index (χ0) is 94.6. The minimum Gasteiger partial charge on any atom is -0.352 e. The minimum absolute atomic E-state index is 0.0211. The number of nitrogens with one attached hydrogen (secondary N) is 9. The summed E-state index contributed by atoms with van der Waals surface area (Å²) in [6.07, 6.45) is 21.0. The summed E-state index contributed by atoms with van der Waals surface area (Å²) in [4.78, 5) is 145. The molecule has 25 nitrogen and oxygen atoms in total. The van der Waals surface area contributed by atoms with Gasteiger partial charge in [-0.05, 0) is 237 Å². The second kappa shape index (κ2) is 38.0. The van der Waals surface area contributed by atoms with Gasteiger partial charge >= 0.3 is 0 Å². The highest BCUT2D eigenvalue weighted by atomic mass is 35.5. The lowest BCUT2D eigenvalue weighted by atomic mass is 9.55. The Labute approximate surface area is 804 Å². The number of ketones is 1. The molecule has 2 aromatic heterocycles. The van der Waals surface area contributed by atoms with Crippen LogP contribution in [0, 0.1) is 23.5 Å². The predicted molar refractivity (Wildman–Crippen MR) is 514 cm³/mol. The van der Waals surface area contributed by atoms with Crippen molar-refractivity contribution in [2.24, 2.45) is 0 Å². The number of halogens is 6. The molecule has 2 unspecified atom stereocenters. The molecule has 2 saturated carbocycles.